The molecule has 3 nitrogen and oxygen atoms in total. The Balaban J connectivity index is 1.72. The van der Waals surface area contributed by atoms with Crippen LogP contribution in [0.25, 0.3) is 0 Å². The number of aryl methyl sites for hydroxylation is 1. The van der Waals surface area contributed by atoms with Crippen molar-refractivity contribution < 1.29 is 17.9 Å². The van der Waals surface area contributed by atoms with E-state index in [1.165, 1.54) is 4.90 Å². The van der Waals surface area contributed by atoms with Crippen LogP contribution in [0.3, 0.4) is 0 Å². The lowest BCUT2D eigenvalue weighted by Gasteiger charge is -2.32. The van der Waals surface area contributed by atoms with Gasteiger partial charge in [-0.15, -0.1) is 0 Å². The number of pyridine rings is 1. The van der Waals surface area contributed by atoms with Gasteiger partial charge in [0.2, 0.25) is 0 Å². The lowest BCUT2D eigenvalue weighted by Crippen LogP contribution is -2.41. The Morgan fingerprint density at radius 3 is 2.65 bits per heavy atom. The lowest BCUT2D eigenvalue weighted by molar-refractivity contribution is -0.148. The molecule has 1 aromatic rings. The largest absolute Gasteiger partial charge is 0.493 e. The number of halogens is 3. The molecule has 0 aliphatic carbocycles. The second-order valence-electron chi connectivity index (χ2n) is 5.28. The summed E-state index contributed by atoms with van der Waals surface area (Å²) < 4.78 is 42.5. The molecular formula is C14H19F3N2O. The van der Waals surface area contributed by atoms with E-state index in [0.717, 1.165) is 24.3 Å². The van der Waals surface area contributed by atoms with E-state index in [2.05, 4.69) is 4.98 Å². The smallest absolute Gasteiger partial charge is 0.401 e. The summed E-state index contributed by atoms with van der Waals surface area (Å²) in [4.78, 5) is 5.55. The quantitative estimate of drug-likeness (QED) is 0.851. The van der Waals surface area contributed by atoms with Crippen molar-refractivity contribution in [3.05, 3.63) is 24.0 Å². The van der Waals surface area contributed by atoms with E-state index >= 15 is 0 Å². The van der Waals surface area contributed by atoms with E-state index in [4.69, 9.17) is 4.74 Å². The van der Waals surface area contributed by atoms with Crippen LogP contribution in [0.2, 0.25) is 0 Å². The second-order valence-corrected chi connectivity index (χ2v) is 5.28. The molecule has 1 aromatic heterocycles. The number of hydrogen-bond acceptors (Lipinski definition) is 3. The summed E-state index contributed by atoms with van der Waals surface area (Å²) in [6.45, 7) is 2.63. The maximum absolute atomic E-state index is 12.3. The molecule has 1 fully saturated rings. The van der Waals surface area contributed by atoms with Gasteiger partial charge >= 0.3 is 6.18 Å². The first-order chi connectivity index (χ1) is 9.42. The fourth-order valence-corrected chi connectivity index (χ4v) is 2.39. The van der Waals surface area contributed by atoms with Crippen molar-refractivity contribution in [1.82, 2.24) is 9.88 Å². The number of nitrogens with zero attached hydrogens (tertiary/aromatic N) is 2. The number of ether oxygens (including phenoxy) is 1. The number of rotatable bonds is 4. The van der Waals surface area contributed by atoms with Crippen molar-refractivity contribution >= 4 is 0 Å². The van der Waals surface area contributed by atoms with Crippen LogP contribution in [-0.2, 0) is 0 Å². The zero-order valence-corrected chi connectivity index (χ0v) is 11.5. The molecule has 0 unspecified atom stereocenters. The van der Waals surface area contributed by atoms with E-state index in [9.17, 15) is 13.2 Å². The van der Waals surface area contributed by atoms with Crippen LogP contribution in [0.5, 0.6) is 5.75 Å². The molecule has 0 N–H and O–H groups in total. The highest BCUT2D eigenvalue weighted by Crippen LogP contribution is 2.23. The number of piperidine rings is 1. The van der Waals surface area contributed by atoms with Crippen molar-refractivity contribution in [2.24, 2.45) is 5.92 Å². The Morgan fingerprint density at radius 1 is 1.35 bits per heavy atom. The fraction of sp³-hybridized carbons (Fsp3) is 0.643. The van der Waals surface area contributed by atoms with Crippen LogP contribution >= 0.6 is 0 Å². The molecule has 20 heavy (non-hydrogen) atoms. The number of alkyl halides is 3. The third-order valence-corrected chi connectivity index (χ3v) is 3.46. The monoisotopic (exact) mass is 288 g/mol. The maximum Gasteiger partial charge on any atom is 0.401 e. The number of aromatic nitrogens is 1. The van der Waals surface area contributed by atoms with E-state index < -0.39 is 12.7 Å². The fourth-order valence-electron chi connectivity index (χ4n) is 2.39. The third-order valence-electron chi connectivity index (χ3n) is 3.46. The van der Waals surface area contributed by atoms with Crippen LogP contribution in [0.4, 0.5) is 13.2 Å². The van der Waals surface area contributed by atoms with Gasteiger partial charge in [0.05, 0.1) is 13.2 Å². The molecule has 0 bridgehead atoms. The Morgan fingerprint density at radius 2 is 2.05 bits per heavy atom. The van der Waals surface area contributed by atoms with Gasteiger partial charge in [-0.1, -0.05) is 0 Å². The topological polar surface area (TPSA) is 25.4 Å². The van der Waals surface area contributed by atoms with E-state index in [-0.39, 0.29) is 0 Å². The van der Waals surface area contributed by atoms with E-state index in [1.54, 1.807) is 12.3 Å². The molecule has 0 aromatic carbocycles. The molecule has 0 saturated carbocycles. The van der Waals surface area contributed by atoms with Gasteiger partial charge in [-0.05, 0) is 44.8 Å². The van der Waals surface area contributed by atoms with Gasteiger partial charge in [0.1, 0.15) is 5.75 Å². The Bertz CT molecular complexity index is 429. The van der Waals surface area contributed by atoms with Crippen molar-refractivity contribution in [3.8, 4) is 5.75 Å². The molecule has 1 saturated heterocycles. The minimum atomic E-state index is -4.10. The van der Waals surface area contributed by atoms with Crippen molar-refractivity contribution in [2.75, 3.05) is 26.2 Å². The first-order valence-electron chi connectivity index (χ1n) is 6.77. The molecule has 1 aliphatic rings. The van der Waals surface area contributed by atoms with Gasteiger partial charge in [0.15, 0.2) is 0 Å². The molecule has 2 heterocycles. The van der Waals surface area contributed by atoms with Gasteiger partial charge in [-0.2, -0.15) is 13.2 Å². The van der Waals surface area contributed by atoms with Crippen LogP contribution in [0.15, 0.2) is 18.3 Å². The highest BCUT2D eigenvalue weighted by atomic mass is 19.4. The minimum Gasteiger partial charge on any atom is -0.493 e. The Labute approximate surface area is 116 Å². The number of likely N-dealkylation sites (tertiary alicyclic amines) is 1. The average molecular weight is 288 g/mol. The van der Waals surface area contributed by atoms with Crippen LogP contribution in [0, 0.1) is 12.8 Å². The zero-order valence-electron chi connectivity index (χ0n) is 11.5. The summed E-state index contributed by atoms with van der Waals surface area (Å²) in [6.07, 6.45) is -0.908. The van der Waals surface area contributed by atoms with Gasteiger partial charge in [-0.25, -0.2) is 0 Å². The summed E-state index contributed by atoms with van der Waals surface area (Å²) in [6, 6.07) is 3.66. The summed E-state index contributed by atoms with van der Waals surface area (Å²) >= 11 is 0. The minimum absolute atomic E-state index is 0.327. The zero-order chi connectivity index (χ0) is 14.6. The van der Waals surface area contributed by atoms with Crippen molar-refractivity contribution in [2.45, 2.75) is 25.9 Å². The summed E-state index contributed by atoms with van der Waals surface area (Å²) in [5.74, 6) is 1.10. The molecule has 0 radical (unpaired) electrons. The van der Waals surface area contributed by atoms with Gasteiger partial charge in [0, 0.05) is 18.0 Å². The predicted molar refractivity (Wildman–Crippen MR) is 69.7 cm³/mol. The molecule has 0 atom stereocenters. The second kappa shape index (κ2) is 6.43. The third kappa shape index (κ3) is 5.00. The van der Waals surface area contributed by atoms with Crippen LogP contribution < -0.4 is 4.74 Å². The van der Waals surface area contributed by atoms with E-state index in [1.807, 2.05) is 13.0 Å². The van der Waals surface area contributed by atoms with Crippen molar-refractivity contribution in [3.63, 3.8) is 0 Å². The lowest BCUT2D eigenvalue weighted by atomic mass is 9.98. The maximum atomic E-state index is 12.3. The summed E-state index contributed by atoms with van der Waals surface area (Å²) in [7, 11) is 0. The molecule has 2 rings (SSSR count). The highest BCUT2D eigenvalue weighted by molar-refractivity contribution is 5.21. The molecular weight excluding hydrogens is 269 g/mol. The molecule has 1 aliphatic heterocycles. The van der Waals surface area contributed by atoms with Crippen LogP contribution in [0.1, 0.15) is 18.5 Å². The summed E-state index contributed by atoms with van der Waals surface area (Å²) in [5, 5.41) is 0. The normalized spacial score (nSPS) is 18.2. The number of hydrogen-bond donors (Lipinski definition) is 0. The standard InChI is InChI=1S/C14H19F3N2O/c1-11-8-13(2-5-18-11)20-9-12-3-6-19(7-4-12)10-14(15,16)17/h2,5,8,12H,3-4,6-7,9-10H2,1H3. The van der Waals surface area contributed by atoms with Gasteiger partial charge in [-0.3, -0.25) is 9.88 Å². The molecule has 6 heteroatoms. The summed E-state index contributed by atoms with van der Waals surface area (Å²) in [5.41, 5.74) is 0.891. The molecule has 112 valence electrons. The first kappa shape index (κ1) is 15.1. The first-order valence-corrected chi connectivity index (χ1v) is 6.77. The van der Waals surface area contributed by atoms with Gasteiger partial charge in [0.25, 0.3) is 0 Å². The van der Waals surface area contributed by atoms with E-state index in [0.29, 0.717) is 25.6 Å². The highest BCUT2D eigenvalue weighted by Gasteiger charge is 2.32. The molecule has 0 amide bonds. The SMILES string of the molecule is Cc1cc(OCC2CCN(CC(F)(F)F)CC2)ccn1. The Hall–Kier alpha value is -1.30. The van der Waals surface area contributed by atoms with Crippen LogP contribution in [-0.4, -0.2) is 42.3 Å². The van der Waals surface area contributed by atoms with Crippen molar-refractivity contribution in [1.29, 1.82) is 0 Å². The Kier molecular flexibility index (Phi) is 4.86. The average Bonchev–Trinajstić information content (AvgIpc) is 2.36. The predicted octanol–water partition coefficient (Wildman–Crippen LogP) is 3.04. The van der Waals surface area contributed by atoms with Gasteiger partial charge < -0.3 is 4.74 Å². The molecule has 0 spiro atoms.